The highest BCUT2D eigenvalue weighted by atomic mass is 35.5. The van der Waals surface area contributed by atoms with Crippen LogP contribution in [0.5, 0.6) is 5.75 Å². The molecular formula is C33H42ClN5O8S. The van der Waals surface area contributed by atoms with Crippen LogP contribution in [0.3, 0.4) is 0 Å². The van der Waals surface area contributed by atoms with Crippen LogP contribution in [0.2, 0.25) is 5.28 Å². The maximum absolute atomic E-state index is 13.2. The van der Waals surface area contributed by atoms with Gasteiger partial charge in [0.05, 0.1) is 37.6 Å². The number of rotatable bonds is 12. The summed E-state index contributed by atoms with van der Waals surface area (Å²) >= 11 is 7.35. The summed E-state index contributed by atoms with van der Waals surface area (Å²) in [6.45, 7) is 12.4. The third-order valence-electron chi connectivity index (χ3n) is 7.93. The maximum atomic E-state index is 13.2. The first kappa shape index (κ1) is 37.2. The number of benzene rings is 1. The van der Waals surface area contributed by atoms with Crippen LogP contribution in [-0.4, -0.2) is 77.8 Å². The molecule has 0 aliphatic carbocycles. The number of ether oxygens (including phenoxy) is 3. The fourth-order valence-corrected chi connectivity index (χ4v) is 6.86. The number of hydrogen-bond acceptors (Lipinski definition) is 12. The summed E-state index contributed by atoms with van der Waals surface area (Å²) < 4.78 is 19.2. The average molecular weight is 704 g/mol. The van der Waals surface area contributed by atoms with Crippen LogP contribution in [0.25, 0.3) is 11.2 Å². The number of aryl methyl sites for hydroxylation is 2. The van der Waals surface area contributed by atoms with Gasteiger partial charge in [-0.2, -0.15) is 9.97 Å². The van der Waals surface area contributed by atoms with Crippen molar-refractivity contribution in [2.45, 2.75) is 111 Å². The third-order valence-corrected chi connectivity index (χ3v) is 9.00. The van der Waals surface area contributed by atoms with E-state index in [2.05, 4.69) is 20.3 Å². The van der Waals surface area contributed by atoms with Gasteiger partial charge < -0.3 is 29.2 Å². The number of aliphatic hydroxyl groups is 1. The lowest BCUT2D eigenvalue weighted by Crippen LogP contribution is -2.50. The van der Waals surface area contributed by atoms with Crippen LogP contribution >= 0.6 is 23.4 Å². The molecule has 1 aliphatic heterocycles. The van der Waals surface area contributed by atoms with Gasteiger partial charge in [0.2, 0.25) is 11.2 Å². The molecule has 0 spiro atoms. The number of nitrogens with one attached hydrogen (secondary N) is 1. The van der Waals surface area contributed by atoms with Gasteiger partial charge in [0.1, 0.15) is 5.75 Å². The fourth-order valence-electron chi connectivity index (χ4n) is 6.12. The first-order chi connectivity index (χ1) is 22.5. The zero-order chi connectivity index (χ0) is 35.3. The number of carbonyl (C=O) groups is 4. The molecule has 15 heteroatoms. The minimum Gasteiger partial charge on any atom is -0.457 e. The van der Waals surface area contributed by atoms with Gasteiger partial charge in [-0.05, 0) is 56.0 Å². The standard InChI is InChI=1S/C33H42ClN5O8S/c1-17-11-18(2)27(24(12-17)46-20(4)40)33(6,7)14-26(44)47-29-19(3)45-22(13-23(29)42)15-39-16-35-28-30(37-32(34)38-31(28)39)36-25(43)9-8-10-48-21(5)41/h11-12,16,19,22-23,29,42H,8-10,13-15H2,1-7H3,(H,36,37,38,43)/t19?,22-,23+,29?/m1/s1. The first-order valence-electron chi connectivity index (χ1n) is 15.7. The van der Waals surface area contributed by atoms with E-state index in [0.717, 1.165) is 28.5 Å². The molecule has 1 amide bonds. The first-order valence-corrected chi connectivity index (χ1v) is 17.0. The molecule has 260 valence electrons. The van der Waals surface area contributed by atoms with Gasteiger partial charge >= 0.3 is 11.9 Å². The summed E-state index contributed by atoms with van der Waals surface area (Å²) in [5.41, 5.74) is 2.51. The second-order valence-corrected chi connectivity index (χ2v) is 14.3. The lowest BCUT2D eigenvalue weighted by molar-refractivity contribution is -0.195. The Kier molecular flexibility index (Phi) is 12.2. The number of hydrogen-bond donors (Lipinski definition) is 2. The zero-order valence-corrected chi connectivity index (χ0v) is 29.7. The van der Waals surface area contributed by atoms with Crippen molar-refractivity contribution >= 4 is 63.3 Å². The summed E-state index contributed by atoms with van der Waals surface area (Å²) in [4.78, 5) is 61.5. The van der Waals surface area contributed by atoms with Crippen molar-refractivity contribution in [3.05, 3.63) is 40.4 Å². The predicted molar refractivity (Wildman–Crippen MR) is 181 cm³/mol. The number of imidazole rings is 1. The topological polar surface area (TPSA) is 172 Å². The van der Waals surface area contributed by atoms with Crippen LogP contribution in [0.15, 0.2) is 18.5 Å². The molecule has 2 aromatic heterocycles. The molecule has 0 radical (unpaired) electrons. The number of amides is 1. The summed E-state index contributed by atoms with van der Waals surface area (Å²) in [7, 11) is 0. The molecular weight excluding hydrogens is 662 g/mol. The Morgan fingerprint density at radius 3 is 2.58 bits per heavy atom. The molecule has 4 rings (SSSR count). The quantitative estimate of drug-likeness (QED) is 0.114. The average Bonchev–Trinajstić information content (AvgIpc) is 3.34. The Labute approximate surface area is 288 Å². The van der Waals surface area contributed by atoms with Gasteiger partial charge in [-0.1, -0.05) is 31.7 Å². The van der Waals surface area contributed by atoms with E-state index in [1.54, 1.807) is 17.6 Å². The normalized spacial score (nSPS) is 19.6. The molecule has 1 fully saturated rings. The second-order valence-electron chi connectivity index (χ2n) is 12.7. The zero-order valence-electron chi connectivity index (χ0n) is 28.2. The highest BCUT2D eigenvalue weighted by molar-refractivity contribution is 8.13. The van der Waals surface area contributed by atoms with E-state index < -0.39 is 41.8 Å². The van der Waals surface area contributed by atoms with Gasteiger partial charge in [0.25, 0.3) is 0 Å². The van der Waals surface area contributed by atoms with E-state index in [1.807, 2.05) is 33.8 Å². The van der Waals surface area contributed by atoms with Gasteiger partial charge in [-0.25, -0.2) is 4.98 Å². The number of halogens is 1. The smallest absolute Gasteiger partial charge is 0.308 e. The number of esters is 2. The van der Waals surface area contributed by atoms with Gasteiger partial charge in [0.15, 0.2) is 28.2 Å². The molecule has 1 aliphatic rings. The van der Waals surface area contributed by atoms with Crippen molar-refractivity contribution in [1.82, 2.24) is 19.5 Å². The predicted octanol–water partition coefficient (Wildman–Crippen LogP) is 4.84. The molecule has 0 saturated carbocycles. The number of thioether (sulfide) groups is 1. The van der Waals surface area contributed by atoms with Crippen LogP contribution in [-0.2, 0) is 40.6 Å². The fraction of sp³-hybridized carbons (Fsp3) is 0.545. The lowest BCUT2D eigenvalue weighted by Gasteiger charge is -2.38. The van der Waals surface area contributed by atoms with Crippen molar-refractivity contribution in [2.75, 3.05) is 11.1 Å². The van der Waals surface area contributed by atoms with Crippen molar-refractivity contribution in [2.24, 2.45) is 0 Å². The van der Waals surface area contributed by atoms with Gasteiger partial charge in [-0.15, -0.1) is 0 Å². The Morgan fingerprint density at radius 1 is 1.19 bits per heavy atom. The number of fused-ring (bicyclic) bond motifs is 1. The highest BCUT2D eigenvalue weighted by Crippen LogP contribution is 2.39. The van der Waals surface area contributed by atoms with Gasteiger partial charge in [0, 0.05) is 43.4 Å². The molecule has 3 aromatic rings. The molecule has 13 nitrogen and oxygen atoms in total. The van der Waals surface area contributed by atoms with E-state index in [1.165, 1.54) is 20.2 Å². The van der Waals surface area contributed by atoms with Gasteiger partial charge in [-0.3, -0.25) is 19.2 Å². The largest absolute Gasteiger partial charge is 0.457 e. The molecule has 2 N–H and O–H groups in total. The summed E-state index contributed by atoms with van der Waals surface area (Å²) in [6.07, 6.45) is -0.638. The minimum atomic E-state index is -1.01. The SMILES string of the molecule is CC(=O)Oc1cc(C)cc(C)c1C(C)(C)CC(=O)OC1C(C)O[C@@H](Cn2cnc3c(NC(=O)CCCSC(C)=O)nc(Cl)nc32)C[C@@H]1O. The lowest BCUT2D eigenvalue weighted by atomic mass is 9.78. The van der Waals surface area contributed by atoms with Crippen molar-refractivity contribution < 1.29 is 38.5 Å². The Morgan fingerprint density at radius 2 is 1.92 bits per heavy atom. The molecule has 0 bridgehead atoms. The van der Waals surface area contributed by atoms with Crippen LogP contribution in [0.4, 0.5) is 5.82 Å². The van der Waals surface area contributed by atoms with E-state index in [0.29, 0.717) is 29.1 Å². The van der Waals surface area contributed by atoms with Crippen LogP contribution in [0, 0.1) is 13.8 Å². The number of anilines is 1. The van der Waals surface area contributed by atoms with Crippen LogP contribution < -0.4 is 10.1 Å². The number of nitrogens with zero attached hydrogens (tertiary/aromatic N) is 4. The molecule has 1 saturated heterocycles. The molecule has 4 atom stereocenters. The summed E-state index contributed by atoms with van der Waals surface area (Å²) in [6, 6.07) is 3.74. The maximum Gasteiger partial charge on any atom is 0.308 e. The molecule has 3 heterocycles. The Bertz CT molecular complexity index is 1680. The van der Waals surface area contributed by atoms with E-state index in [9.17, 15) is 24.3 Å². The molecule has 48 heavy (non-hydrogen) atoms. The van der Waals surface area contributed by atoms with E-state index >= 15 is 0 Å². The summed E-state index contributed by atoms with van der Waals surface area (Å²) in [5.74, 6) is -0.159. The number of carbonyl (C=O) groups excluding carboxylic acids is 4. The van der Waals surface area contributed by atoms with Crippen molar-refractivity contribution in [1.29, 1.82) is 0 Å². The third kappa shape index (κ3) is 9.52. The monoisotopic (exact) mass is 703 g/mol. The van der Waals surface area contributed by atoms with E-state index in [-0.39, 0.29) is 47.9 Å². The Hall–Kier alpha value is -3.59. The van der Waals surface area contributed by atoms with Crippen LogP contribution in [0.1, 0.15) is 77.0 Å². The molecule has 2 unspecified atom stereocenters. The highest BCUT2D eigenvalue weighted by Gasteiger charge is 2.40. The Balaban J connectivity index is 1.39. The number of aliphatic hydroxyl groups excluding tert-OH is 1. The second kappa shape index (κ2) is 15.7. The van der Waals surface area contributed by atoms with Crippen molar-refractivity contribution in [3.63, 3.8) is 0 Å². The van der Waals surface area contributed by atoms with E-state index in [4.69, 9.17) is 25.8 Å². The summed E-state index contributed by atoms with van der Waals surface area (Å²) in [5, 5.41) is 13.7. The molecule has 1 aromatic carbocycles. The minimum absolute atomic E-state index is 0.00386. The number of aromatic nitrogens is 4. The van der Waals surface area contributed by atoms with Crippen molar-refractivity contribution in [3.8, 4) is 5.75 Å².